The largest absolute Gasteiger partial charge is 0.481 e. The van der Waals surface area contributed by atoms with Gasteiger partial charge in [-0.05, 0) is 30.5 Å². The summed E-state index contributed by atoms with van der Waals surface area (Å²) in [5.41, 5.74) is 0.410. The van der Waals surface area contributed by atoms with Gasteiger partial charge in [0.15, 0.2) is 11.6 Å². The third-order valence-corrected chi connectivity index (χ3v) is 3.70. The standard InChI is InChI=1S/C17H24F2O3/c18-14-11-10-13(12-15(14)19)16(20)8-6-4-2-1-3-5-7-9-17(21)22/h10-12,16,20H,1-9H2,(H,21,22). The van der Waals surface area contributed by atoms with Crippen LogP contribution in [-0.4, -0.2) is 16.2 Å². The second-order valence-electron chi connectivity index (χ2n) is 5.60. The summed E-state index contributed by atoms with van der Waals surface area (Å²) in [5, 5.41) is 18.4. The van der Waals surface area contributed by atoms with Crippen molar-refractivity contribution in [3.8, 4) is 0 Å². The number of hydrogen-bond acceptors (Lipinski definition) is 2. The molecular weight excluding hydrogens is 290 g/mol. The van der Waals surface area contributed by atoms with Crippen LogP contribution in [0, 0.1) is 11.6 Å². The summed E-state index contributed by atoms with van der Waals surface area (Å²) in [4.78, 5) is 10.3. The normalized spacial score (nSPS) is 12.3. The molecule has 0 spiro atoms. The summed E-state index contributed by atoms with van der Waals surface area (Å²) in [6, 6.07) is 3.49. The van der Waals surface area contributed by atoms with Gasteiger partial charge in [0, 0.05) is 6.42 Å². The third kappa shape index (κ3) is 7.50. The van der Waals surface area contributed by atoms with Crippen LogP contribution in [0.4, 0.5) is 8.78 Å². The lowest BCUT2D eigenvalue weighted by Gasteiger charge is -2.11. The Hall–Kier alpha value is -1.49. The number of aliphatic hydroxyl groups excluding tert-OH is 1. The Morgan fingerprint density at radius 1 is 0.955 bits per heavy atom. The van der Waals surface area contributed by atoms with Crippen LogP contribution in [0.25, 0.3) is 0 Å². The van der Waals surface area contributed by atoms with Crippen molar-refractivity contribution in [3.05, 3.63) is 35.4 Å². The molecule has 0 bridgehead atoms. The summed E-state index contributed by atoms with van der Waals surface area (Å²) in [6.45, 7) is 0. The summed E-state index contributed by atoms with van der Waals surface area (Å²) in [6.07, 6.45) is 6.59. The van der Waals surface area contributed by atoms with Gasteiger partial charge in [0.2, 0.25) is 0 Å². The third-order valence-electron chi connectivity index (χ3n) is 3.70. The summed E-state index contributed by atoms with van der Waals surface area (Å²) < 4.78 is 25.9. The minimum atomic E-state index is -0.932. The zero-order valence-corrected chi connectivity index (χ0v) is 12.7. The van der Waals surface area contributed by atoms with E-state index < -0.39 is 23.7 Å². The number of unbranched alkanes of at least 4 members (excludes halogenated alkanes) is 6. The fourth-order valence-electron chi connectivity index (χ4n) is 2.38. The monoisotopic (exact) mass is 314 g/mol. The van der Waals surface area contributed by atoms with E-state index in [1.165, 1.54) is 6.07 Å². The molecule has 1 rings (SSSR count). The minimum Gasteiger partial charge on any atom is -0.481 e. The predicted octanol–water partition coefficient (Wildman–Crippen LogP) is 4.59. The van der Waals surface area contributed by atoms with E-state index in [-0.39, 0.29) is 6.42 Å². The van der Waals surface area contributed by atoms with Crippen LogP contribution in [0.2, 0.25) is 0 Å². The number of carbonyl (C=O) groups is 1. The molecule has 0 aliphatic carbocycles. The molecule has 0 aliphatic rings. The molecule has 0 aromatic heterocycles. The highest BCUT2D eigenvalue weighted by Crippen LogP contribution is 2.22. The van der Waals surface area contributed by atoms with E-state index >= 15 is 0 Å². The number of hydrogen-bond donors (Lipinski definition) is 2. The van der Waals surface area contributed by atoms with Gasteiger partial charge in [-0.2, -0.15) is 0 Å². The second-order valence-corrected chi connectivity index (χ2v) is 5.60. The number of rotatable bonds is 11. The molecule has 0 heterocycles. The van der Waals surface area contributed by atoms with E-state index in [4.69, 9.17) is 5.11 Å². The van der Waals surface area contributed by atoms with Crippen molar-refractivity contribution >= 4 is 5.97 Å². The molecule has 3 nitrogen and oxygen atoms in total. The Bertz CT molecular complexity index is 463. The number of aliphatic carboxylic acids is 1. The fourth-order valence-corrected chi connectivity index (χ4v) is 2.38. The SMILES string of the molecule is O=C(O)CCCCCCCCCC(O)c1ccc(F)c(F)c1. The van der Waals surface area contributed by atoms with Gasteiger partial charge in [-0.15, -0.1) is 0 Å². The van der Waals surface area contributed by atoms with Crippen molar-refractivity contribution in [2.75, 3.05) is 0 Å². The van der Waals surface area contributed by atoms with E-state index in [1.54, 1.807) is 0 Å². The Morgan fingerprint density at radius 2 is 1.55 bits per heavy atom. The van der Waals surface area contributed by atoms with Gasteiger partial charge < -0.3 is 10.2 Å². The molecule has 1 aromatic rings. The van der Waals surface area contributed by atoms with Crippen LogP contribution in [-0.2, 0) is 4.79 Å². The molecule has 0 aliphatic heterocycles. The molecule has 0 radical (unpaired) electrons. The predicted molar refractivity (Wildman–Crippen MR) is 80.5 cm³/mol. The second kappa shape index (κ2) is 10.3. The van der Waals surface area contributed by atoms with Gasteiger partial charge in [-0.1, -0.05) is 44.6 Å². The first kappa shape index (κ1) is 18.6. The lowest BCUT2D eigenvalue weighted by atomic mass is 10.0. The smallest absolute Gasteiger partial charge is 0.303 e. The van der Waals surface area contributed by atoms with Crippen LogP contribution >= 0.6 is 0 Å². The minimum absolute atomic E-state index is 0.237. The molecule has 2 N–H and O–H groups in total. The molecule has 124 valence electrons. The van der Waals surface area contributed by atoms with Crippen LogP contribution < -0.4 is 0 Å². The topological polar surface area (TPSA) is 57.5 Å². The molecule has 0 fully saturated rings. The van der Waals surface area contributed by atoms with Crippen molar-refractivity contribution in [2.45, 2.75) is 63.9 Å². The fraction of sp³-hybridized carbons (Fsp3) is 0.588. The van der Waals surface area contributed by atoms with Gasteiger partial charge in [0.25, 0.3) is 0 Å². The van der Waals surface area contributed by atoms with Gasteiger partial charge >= 0.3 is 5.97 Å². The summed E-state index contributed by atoms with van der Waals surface area (Å²) >= 11 is 0. The lowest BCUT2D eigenvalue weighted by molar-refractivity contribution is -0.137. The number of carboxylic acids is 1. The molecule has 0 saturated heterocycles. The Labute approximate surface area is 130 Å². The maximum Gasteiger partial charge on any atom is 0.303 e. The molecule has 1 atom stereocenters. The van der Waals surface area contributed by atoms with Crippen molar-refractivity contribution in [2.24, 2.45) is 0 Å². The van der Waals surface area contributed by atoms with Gasteiger partial charge in [-0.25, -0.2) is 8.78 Å². The van der Waals surface area contributed by atoms with Crippen LogP contribution in [0.3, 0.4) is 0 Å². The van der Waals surface area contributed by atoms with Crippen LogP contribution in [0.1, 0.15) is 69.5 Å². The highest BCUT2D eigenvalue weighted by atomic mass is 19.2. The molecule has 22 heavy (non-hydrogen) atoms. The summed E-state index contributed by atoms with van der Waals surface area (Å²) in [5.74, 6) is -2.58. The number of aliphatic hydroxyl groups is 1. The molecule has 5 heteroatoms. The zero-order chi connectivity index (χ0) is 16.4. The van der Waals surface area contributed by atoms with E-state index in [1.807, 2.05) is 0 Å². The molecule has 1 unspecified atom stereocenters. The zero-order valence-electron chi connectivity index (χ0n) is 12.7. The first-order valence-electron chi connectivity index (χ1n) is 7.85. The maximum absolute atomic E-state index is 13.1. The van der Waals surface area contributed by atoms with E-state index in [2.05, 4.69) is 0 Å². The Kier molecular flexibility index (Phi) is 8.67. The number of halogens is 2. The molecule has 1 aromatic carbocycles. The van der Waals surface area contributed by atoms with E-state index in [0.717, 1.165) is 57.1 Å². The highest BCUT2D eigenvalue weighted by Gasteiger charge is 2.10. The van der Waals surface area contributed by atoms with Gasteiger partial charge in [0.05, 0.1) is 6.10 Å². The van der Waals surface area contributed by atoms with Crippen molar-refractivity contribution < 1.29 is 23.8 Å². The van der Waals surface area contributed by atoms with Crippen LogP contribution in [0.5, 0.6) is 0 Å². The van der Waals surface area contributed by atoms with Gasteiger partial charge in [-0.3, -0.25) is 4.79 Å². The molecular formula is C17H24F2O3. The average molecular weight is 314 g/mol. The van der Waals surface area contributed by atoms with Crippen molar-refractivity contribution in [3.63, 3.8) is 0 Å². The molecule has 0 saturated carbocycles. The first-order valence-corrected chi connectivity index (χ1v) is 7.85. The van der Waals surface area contributed by atoms with Crippen molar-refractivity contribution in [1.29, 1.82) is 0 Å². The van der Waals surface area contributed by atoms with E-state index in [9.17, 15) is 18.7 Å². The Morgan fingerprint density at radius 3 is 2.14 bits per heavy atom. The van der Waals surface area contributed by atoms with Gasteiger partial charge in [0.1, 0.15) is 0 Å². The number of carboxylic acid groups (broad SMARTS) is 1. The summed E-state index contributed by atoms with van der Waals surface area (Å²) in [7, 11) is 0. The maximum atomic E-state index is 13.1. The van der Waals surface area contributed by atoms with Crippen molar-refractivity contribution in [1.82, 2.24) is 0 Å². The highest BCUT2D eigenvalue weighted by molar-refractivity contribution is 5.66. The average Bonchev–Trinajstić information content (AvgIpc) is 2.47. The lowest BCUT2D eigenvalue weighted by Crippen LogP contribution is -1.99. The Balaban J connectivity index is 2.06. The van der Waals surface area contributed by atoms with E-state index in [0.29, 0.717) is 12.0 Å². The first-order chi connectivity index (χ1) is 10.5. The molecule has 0 amide bonds. The quantitative estimate of drug-likeness (QED) is 0.587. The van der Waals surface area contributed by atoms with Crippen LogP contribution in [0.15, 0.2) is 18.2 Å². The number of benzene rings is 1.